The molecule has 1 N–H and O–H groups in total. The Morgan fingerprint density at radius 1 is 0.927 bits per heavy atom. The van der Waals surface area contributed by atoms with Gasteiger partial charge in [0.15, 0.2) is 0 Å². The van der Waals surface area contributed by atoms with Crippen LogP contribution in [-0.2, 0) is 32.6 Å². The van der Waals surface area contributed by atoms with Gasteiger partial charge >= 0.3 is 0 Å². The molecule has 0 aromatic heterocycles. The monoisotopic (exact) mass is 643 g/mol. The maximum atomic E-state index is 13.9. The van der Waals surface area contributed by atoms with Crippen molar-refractivity contribution in [2.75, 3.05) is 24.2 Å². The van der Waals surface area contributed by atoms with E-state index in [-0.39, 0.29) is 43.8 Å². The minimum Gasteiger partial charge on any atom is -0.495 e. The average Bonchev–Trinajstić information content (AvgIpc) is 2.93. The second kappa shape index (κ2) is 15.0. The third kappa shape index (κ3) is 9.60. The number of hydrogen-bond acceptors (Lipinski definition) is 5. The largest absolute Gasteiger partial charge is 0.495 e. The van der Waals surface area contributed by atoms with Gasteiger partial charge < -0.3 is 15.0 Å². The highest BCUT2D eigenvalue weighted by atomic mass is 79.9. The summed E-state index contributed by atoms with van der Waals surface area (Å²) in [6, 6.07) is 23.2. The maximum absolute atomic E-state index is 13.9. The molecule has 0 unspecified atom stereocenters. The van der Waals surface area contributed by atoms with Crippen LogP contribution in [0.4, 0.5) is 5.69 Å². The van der Waals surface area contributed by atoms with Gasteiger partial charge in [0.25, 0.3) is 0 Å². The molecule has 0 saturated carbocycles. The molecule has 0 bridgehead atoms. The molecule has 0 fully saturated rings. The van der Waals surface area contributed by atoms with Crippen LogP contribution in [-0.4, -0.2) is 57.1 Å². The minimum absolute atomic E-state index is 0.0535. The Bertz CT molecular complexity index is 1400. The van der Waals surface area contributed by atoms with Crippen molar-refractivity contribution in [3.63, 3.8) is 0 Å². The van der Waals surface area contributed by atoms with Crippen LogP contribution in [0.5, 0.6) is 5.75 Å². The van der Waals surface area contributed by atoms with Crippen molar-refractivity contribution >= 4 is 43.5 Å². The molecule has 3 aromatic carbocycles. The van der Waals surface area contributed by atoms with Crippen LogP contribution >= 0.6 is 15.9 Å². The van der Waals surface area contributed by atoms with Crippen LogP contribution in [0.2, 0.25) is 0 Å². The molecule has 220 valence electrons. The Kier molecular flexibility index (Phi) is 11.8. The summed E-state index contributed by atoms with van der Waals surface area (Å²) in [5, 5.41) is 2.98. The number of para-hydroxylation sites is 2. The number of sulfonamides is 1. The number of anilines is 1. The number of carbonyl (C=O) groups excluding carboxylic acids is 2. The van der Waals surface area contributed by atoms with Crippen molar-refractivity contribution in [3.8, 4) is 5.75 Å². The molecule has 2 amide bonds. The second-order valence-corrected chi connectivity index (χ2v) is 12.9. The normalized spacial score (nSPS) is 12.0. The summed E-state index contributed by atoms with van der Waals surface area (Å²) in [5.74, 6) is -0.0447. The molecular formula is C31H38BrN3O5S. The summed E-state index contributed by atoms with van der Waals surface area (Å²) in [4.78, 5) is 29.0. The number of hydrogen-bond donors (Lipinski definition) is 1. The van der Waals surface area contributed by atoms with Gasteiger partial charge in [-0.3, -0.25) is 13.9 Å². The van der Waals surface area contributed by atoms with E-state index in [9.17, 15) is 18.0 Å². The fraction of sp³-hybridized carbons (Fsp3) is 0.355. The van der Waals surface area contributed by atoms with Gasteiger partial charge in [-0.1, -0.05) is 70.5 Å². The molecule has 0 spiro atoms. The van der Waals surface area contributed by atoms with E-state index < -0.39 is 16.1 Å². The lowest BCUT2D eigenvalue weighted by atomic mass is 10.0. The molecule has 0 aliphatic carbocycles. The number of amides is 2. The van der Waals surface area contributed by atoms with Gasteiger partial charge in [0.1, 0.15) is 11.8 Å². The lowest BCUT2D eigenvalue weighted by molar-refractivity contribution is -0.141. The van der Waals surface area contributed by atoms with Crippen LogP contribution < -0.4 is 14.4 Å². The molecule has 41 heavy (non-hydrogen) atoms. The van der Waals surface area contributed by atoms with Gasteiger partial charge in [0.2, 0.25) is 21.8 Å². The molecular weight excluding hydrogens is 606 g/mol. The number of rotatable bonds is 14. The molecule has 0 radical (unpaired) electrons. The first-order chi connectivity index (χ1) is 19.5. The summed E-state index contributed by atoms with van der Waals surface area (Å²) in [6.45, 7) is 4.09. The number of nitrogens with zero attached hydrogens (tertiary/aromatic N) is 2. The van der Waals surface area contributed by atoms with Crippen molar-refractivity contribution in [3.05, 3.63) is 94.5 Å². The molecule has 0 aliphatic heterocycles. The third-order valence-electron chi connectivity index (χ3n) is 6.47. The summed E-state index contributed by atoms with van der Waals surface area (Å²) in [7, 11) is -2.16. The zero-order valence-corrected chi connectivity index (χ0v) is 26.3. The molecule has 3 rings (SSSR count). The molecule has 3 aromatic rings. The quantitative estimate of drug-likeness (QED) is 0.262. The highest BCUT2D eigenvalue weighted by Crippen LogP contribution is 2.30. The summed E-state index contributed by atoms with van der Waals surface area (Å²) < 4.78 is 32.9. The van der Waals surface area contributed by atoms with Crippen molar-refractivity contribution in [1.29, 1.82) is 0 Å². The Morgan fingerprint density at radius 3 is 2.17 bits per heavy atom. The van der Waals surface area contributed by atoms with Crippen molar-refractivity contribution < 1.29 is 22.7 Å². The third-order valence-corrected chi connectivity index (χ3v) is 8.18. The van der Waals surface area contributed by atoms with Crippen LogP contribution in [0.25, 0.3) is 0 Å². The second-order valence-electron chi connectivity index (χ2n) is 10.1. The van der Waals surface area contributed by atoms with E-state index in [4.69, 9.17) is 4.74 Å². The highest BCUT2D eigenvalue weighted by Gasteiger charge is 2.31. The fourth-order valence-corrected chi connectivity index (χ4v) is 5.77. The smallest absolute Gasteiger partial charge is 0.243 e. The van der Waals surface area contributed by atoms with Gasteiger partial charge in [-0.05, 0) is 55.7 Å². The van der Waals surface area contributed by atoms with Crippen molar-refractivity contribution in [2.24, 2.45) is 0 Å². The predicted octanol–water partition coefficient (Wildman–Crippen LogP) is 5.17. The first-order valence-corrected chi connectivity index (χ1v) is 16.1. The van der Waals surface area contributed by atoms with E-state index in [2.05, 4.69) is 21.2 Å². The molecule has 1 atom stereocenters. The molecule has 0 heterocycles. The number of methoxy groups -OCH3 is 1. The minimum atomic E-state index is -3.65. The lowest BCUT2D eigenvalue weighted by Gasteiger charge is -2.32. The van der Waals surface area contributed by atoms with E-state index in [0.29, 0.717) is 17.9 Å². The van der Waals surface area contributed by atoms with Crippen LogP contribution in [0.3, 0.4) is 0 Å². The van der Waals surface area contributed by atoms with Crippen molar-refractivity contribution in [2.45, 2.75) is 51.7 Å². The predicted molar refractivity (Wildman–Crippen MR) is 166 cm³/mol. The maximum Gasteiger partial charge on any atom is 0.243 e. The Hall–Kier alpha value is -3.37. The van der Waals surface area contributed by atoms with Gasteiger partial charge in [-0.15, -0.1) is 0 Å². The van der Waals surface area contributed by atoms with Crippen LogP contribution in [0.1, 0.15) is 37.8 Å². The average molecular weight is 645 g/mol. The SMILES string of the molecule is COc1ccccc1N(CCCC(=O)N(Cc1ccc(Br)cc1)[C@H](Cc1ccccc1)C(=O)NC(C)C)S(C)(=O)=O. The zero-order chi connectivity index (χ0) is 30.0. The number of carbonyl (C=O) groups is 2. The van der Waals surface area contributed by atoms with E-state index in [1.165, 1.54) is 11.4 Å². The van der Waals surface area contributed by atoms with Gasteiger partial charge in [0, 0.05) is 36.4 Å². The summed E-state index contributed by atoms with van der Waals surface area (Å²) in [6.07, 6.45) is 1.79. The van der Waals surface area contributed by atoms with E-state index >= 15 is 0 Å². The molecule has 0 aliphatic rings. The zero-order valence-electron chi connectivity index (χ0n) is 23.9. The Morgan fingerprint density at radius 2 is 1.56 bits per heavy atom. The first kappa shape index (κ1) is 32.1. The van der Waals surface area contributed by atoms with Gasteiger partial charge in [0.05, 0.1) is 19.1 Å². The fourth-order valence-electron chi connectivity index (χ4n) is 4.54. The van der Waals surface area contributed by atoms with Gasteiger partial charge in [-0.25, -0.2) is 8.42 Å². The number of halogens is 1. The lowest BCUT2D eigenvalue weighted by Crippen LogP contribution is -2.51. The highest BCUT2D eigenvalue weighted by molar-refractivity contribution is 9.10. The molecule has 10 heteroatoms. The van der Waals surface area contributed by atoms with Gasteiger partial charge in [-0.2, -0.15) is 0 Å². The van der Waals surface area contributed by atoms with E-state index in [1.54, 1.807) is 29.2 Å². The van der Waals surface area contributed by atoms with E-state index in [1.807, 2.05) is 68.4 Å². The van der Waals surface area contributed by atoms with Crippen LogP contribution in [0, 0.1) is 0 Å². The summed E-state index contributed by atoms with van der Waals surface area (Å²) in [5.41, 5.74) is 2.23. The van der Waals surface area contributed by atoms with E-state index in [0.717, 1.165) is 21.9 Å². The number of nitrogens with one attached hydrogen (secondary N) is 1. The number of ether oxygens (including phenoxy) is 1. The summed E-state index contributed by atoms with van der Waals surface area (Å²) >= 11 is 3.45. The van der Waals surface area contributed by atoms with Crippen LogP contribution in [0.15, 0.2) is 83.3 Å². The molecule has 0 saturated heterocycles. The molecule has 8 nitrogen and oxygen atoms in total. The Balaban J connectivity index is 1.89. The Labute approximate surface area is 251 Å². The first-order valence-electron chi connectivity index (χ1n) is 13.5. The number of benzene rings is 3. The van der Waals surface area contributed by atoms with Crippen molar-refractivity contribution in [1.82, 2.24) is 10.2 Å². The topological polar surface area (TPSA) is 96.0 Å². The standard InChI is InChI=1S/C31H38BrN3O5S/c1-23(2)33-31(37)28(21-24-11-6-5-7-12-24)34(22-25-16-18-26(32)19-17-25)30(36)15-10-20-35(41(4,38)39)27-13-8-9-14-29(27)40-3/h5-9,11-14,16-19,23,28H,10,15,20-22H2,1-4H3,(H,33,37)/t28-/m1/s1.